The number of aryl methyl sites for hydroxylation is 1. The lowest BCUT2D eigenvalue weighted by Gasteiger charge is -2.31. The van der Waals surface area contributed by atoms with Crippen LogP contribution < -0.4 is 19.5 Å². The standard InChI is InChI=1S/C32H31N5O4/c1-21-26-20-36(32(38)33-27-19-25(40-3)16-17-29(27)41-4)30(22-12-14-24(39-2)15-13-22)28-11-8-18-35(28)31(26)37(34-21)23-9-6-5-7-10-23/h5-19,30H,20H2,1-4H3,(H,33,38)/t30-/m1/s1. The van der Waals surface area contributed by atoms with Crippen molar-refractivity contribution in [1.29, 1.82) is 0 Å². The number of aromatic nitrogens is 3. The lowest BCUT2D eigenvalue weighted by Crippen LogP contribution is -2.38. The van der Waals surface area contributed by atoms with Crippen LogP contribution in [0.3, 0.4) is 0 Å². The molecular formula is C32H31N5O4. The van der Waals surface area contributed by atoms with Gasteiger partial charge in [-0.2, -0.15) is 5.10 Å². The van der Waals surface area contributed by atoms with Crippen LogP contribution in [0.25, 0.3) is 11.5 Å². The molecule has 0 spiro atoms. The molecule has 9 heteroatoms. The summed E-state index contributed by atoms with van der Waals surface area (Å²) in [7, 11) is 4.80. The normalized spacial score (nSPS) is 14.0. The third kappa shape index (κ3) is 4.65. The number of anilines is 1. The summed E-state index contributed by atoms with van der Waals surface area (Å²) in [6.45, 7) is 2.31. The van der Waals surface area contributed by atoms with E-state index in [9.17, 15) is 4.79 Å². The second kappa shape index (κ2) is 10.8. The fourth-order valence-corrected chi connectivity index (χ4v) is 5.38. The highest BCUT2D eigenvalue weighted by atomic mass is 16.5. The Morgan fingerprint density at radius 2 is 1.61 bits per heavy atom. The van der Waals surface area contributed by atoms with Crippen LogP contribution in [0, 0.1) is 6.92 Å². The Morgan fingerprint density at radius 1 is 0.878 bits per heavy atom. The van der Waals surface area contributed by atoms with E-state index in [1.165, 1.54) is 0 Å². The molecule has 208 valence electrons. The van der Waals surface area contributed by atoms with Crippen molar-refractivity contribution in [2.75, 3.05) is 26.6 Å². The maximum absolute atomic E-state index is 14.3. The Morgan fingerprint density at radius 3 is 2.32 bits per heavy atom. The van der Waals surface area contributed by atoms with E-state index in [1.807, 2.05) is 89.4 Å². The van der Waals surface area contributed by atoms with E-state index >= 15 is 0 Å². The highest BCUT2D eigenvalue weighted by Crippen LogP contribution is 2.39. The molecule has 2 amide bonds. The first-order valence-corrected chi connectivity index (χ1v) is 13.3. The summed E-state index contributed by atoms with van der Waals surface area (Å²) in [4.78, 5) is 16.1. The van der Waals surface area contributed by atoms with Gasteiger partial charge in [0.25, 0.3) is 0 Å². The minimum Gasteiger partial charge on any atom is -0.497 e. The Hall–Kier alpha value is -5.18. The minimum atomic E-state index is -0.413. The van der Waals surface area contributed by atoms with Crippen molar-refractivity contribution in [2.24, 2.45) is 0 Å². The van der Waals surface area contributed by atoms with Gasteiger partial charge in [-0.25, -0.2) is 9.48 Å². The predicted molar refractivity (Wildman–Crippen MR) is 157 cm³/mol. The number of methoxy groups -OCH3 is 3. The van der Waals surface area contributed by atoms with Crippen molar-refractivity contribution in [3.05, 3.63) is 114 Å². The van der Waals surface area contributed by atoms with Crippen LogP contribution in [-0.2, 0) is 6.54 Å². The summed E-state index contributed by atoms with van der Waals surface area (Å²) < 4.78 is 20.5. The number of benzene rings is 3. The van der Waals surface area contributed by atoms with E-state index in [1.54, 1.807) is 39.5 Å². The maximum atomic E-state index is 14.3. The Bertz CT molecular complexity index is 1690. The van der Waals surface area contributed by atoms with Crippen LogP contribution in [0.15, 0.2) is 91.1 Å². The quantitative estimate of drug-likeness (QED) is 0.275. The van der Waals surface area contributed by atoms with Crippen molar-refractivity contribution in [3.8, 4) is 28.8 Å². The van der Waals surface area contributed by atoms with E-state index in [0.29, 0.717) is 23.7 Å². The maximum Gasteiger partial charge on any atom is 0.323 e. The highest BCUT2D eigenvalue weighted by Gasteiger charge is 2.36. The molecule has 1 atom stereocenters. The summed E-state index contributed by atoms with van der Waals surface area (Å²) >= 11 is 0. The third-order valence-electron chi connectivity index (χ3n) is 7.43. The topological polar surface area (TPSA) is 82.8 Å². The minimum absolute atomic E-state index is 0.287. The fraction of sp³-hybridized carbons (Fsp3) is 0.188. The molecule has 41 heavy (non-hydrogen) atoms. The fourth-order valence-electron chi connectivity index (χ4n) is 5.38. The van der Waals surface area contributed by atoms with Gasteiger partial charge in [-0.1, -0.05) is 30.3 Å². The molecule has 3 heterocycles. The van der Waals surface area contributed by atoms with Gasteiger partial charge in [0.2, 0.25) is 0 Å². The number of nitrogens with one attached hydrogen (secondary N) is 1. The molecule has 6 rings (SSSR count). The number of fused-ring (bicyclic) bond motifs is 3. The zero-order valence-electron chi connectivity index (χ0n) is 23.4. The number of ether oxygens (including phenoxy) is 3. The Kier molecular flexibility index (Phi) is 6.84. The summed E-state index contributed by atoms with van der Waals surface area (Å²) in [5.41, 5.74) is 5.13. The number of hydrogen-bond donors (Lipinski definition) is 1. The van der Waals surface area contributed by atoms with Crippen LogP contribution in [0.4, 0.5) is 10.5 Å². The summed E-state index contributed by atoms with van der Waals surface area (Å²) in [6.07, 6.45) is 2.03. The van der Waals surface area contributed by atoms with E-state index in [0.717, 1.165) is 39.8 Å². The predicted octanol–water partition coefficient (Wildman–Crippen LogP) is 6.13. The van der Waals surface area contributed by atoms with Gasteiger partial charge < -0.3 is 29.0 Å². The van der Waals surface area contributed by atoms with Crippen molar-refractivity contribution in [3.63, 3.8) is 0 Å². The molecule has 2 aromatic heterocycles. The number of amides is 2. The molecule has 5 aromatic rings. The van der Waals surface area contributed by atoms with Crippen LogP contribution >= 0.6 is 0 Å². The molecule has 0 saturated heterocycles. The molecule has 0 aliphatic carbocycles. The molecule has 9 nitrogen and oxygen atoms in total. The van der Waals surface area contributed by atoms with Gasteiger partial charge in [0.1, 0.15) is 23.1 Å². The number of carbonyl (C=O) groups excluding carboxylic acids is 1. The number of nitrogens with zero attached hydrogens (tertiary/aromatic N) is 4. The van der Waals surface area contributed by atoms with Gasteiger partial charge in [0, 0.05) is 17.8 Å². The van der Waals surface area contributed by atoms with Crippen molar-refractivity contribution in [1.82, 2.24) is 19.2 Å². The molecule has 1 N–H and O–H groups in total. The molecule has 0 bridgehead atoms. The lowest BCUT2D eigenvalue weighted by molar-refractivity contribution is 0.194. The average Bonchev–Trinajstić information content (AvgIpc) is 3.57. The summed E-state index contributed by atoms with van der Waals surface area (Å²) in [5.74, 6) is 2.79. The van der Waals surface area contributed by atoms with E-state index < -0.39 is 6.04 Å². The molecule has 3 aromatic carbocycles. The van der Waals surface area contributed by atoms with E-state index in [-0.39, 0.29) is 6.03 Å². The van der Waals surface area contributed by atoms with Crippen LogP contribution in [0.2, 0.25) is 0 Å². The zero-order chi connectivity index (χ0) is 28.5. The lowest BCUT2D eigenvalue weighted by atomic mass is 10.0. The Balaban J connectivity index is 1.52. The SMILES string of the molecule is COc1ccc([C@@H]2c3cccn3-c3c(c(C)nn3-c3ccccc3)CN2C(=O)Nc2cc(OC)ccc2OC)cc1. The third-order valence-corrected chi connectivity index (χ3v) is 7.43. The highest BCUT2D eigenvalue weighted by molar-refractivity contribution is 5.92. The summed E-state index contributed by atoms with van der Waals surface area (Å²) in [6, 6.07) is 26.5. The van der Waals surface area contributed by atoms with Crippen LogP contribution in [-0.4, -0.2) is 46.6 Å². The van der Waals surface area contributed by atoms with Gasteiger partial charge >= 0.3 is 6.03 Å². The molecular weight excluding hydrogens is 518 g/mol. The second-order valence-corrected chi connectivity index (χ2v) is 9.74. The van der Waals surface area contributed by atoms with Crippen LogP contribution in [0.5, 0.6) is 17.2 Å². The first kappa shape index (κ1) is 26.1. The van der Waals surface area contributed by atoms with Gasteiger partial charge in [0.15, 0.2) is 0 Å². The molecule has 0 saturated carbocycles. The monoisotopic (exact) mass is 549 g/mol. The molecule has 1 aliphatic heterocycles. The van der Waals surface area contributed by atoms with Gasteiger partial charge in [-0.3, -0.25) is 0 Å². The zero-order valence-corrected chi connectivity index (χ0v) is 23.4. The van der Waals surface area contributed by atoms with Crippen LogP contribution in [0.1, 0.15) is 28.6 Å². The second-order valence-electron chi connectivity index (χ2n) is 9.74. The van der Waals surface area contributed by atoms with Crippen molar-refractivity contribution < 1.29 is 19.0 Å². The number of hydrogen-bond acceptors (Lipinski definition) is 5. The number of carbonyl (C=O) groups is 1. The number of urea groups is 1. The molecule has 0 unspecified atom stereocenters. The van der Waals surface area contributed by atoms with E-state index in [4.69, 9.17) is 19.3 Å². The van der Waals surface area contributed by atoms with Crippen molar-refractivity contribution >= 4 is 11.7 Å². The molecule has 0 radical (unpaired) electrons. The van der Waals surface area contributed by atoms with Crippen molar-refractivity contribution in [2.45, 2.75) is 19.5 Å². The average molecular weight is 550 g/mol. The van der Waals surface area contributed by atoms with E-state index in [2.05, 4.69) is 9.88 Å². The first-order valence-electron chi connectivity index (χ1n) is 13.3. The summed E-state index contributed by atoms with van der Waals surface area (Å²) in [5, 5.41) is 8.00. The molecule has 0 fully saturated rings. The largest absolute Gasteiger partial charge is 0.497 e. The number of para-hydroxylation sites is 1. The van der Waals surface area contributed by atoms with Gasteiger partial charge in [0.05, 0.1) is 56.7 Å². The van der Waals surface area contributed by atoms with Gasteiger partial charge in [-0.15, -0.1) is 0 Å². The smallest absolute Gasteiger partial charge is 0.323 e. The number of rotatable bonds is 6. The first-order chi connectivity index (χ1) is 20.0. The Labute approximate surface area is 238 Å². The molecule has 1 aliphatic rings. The van der Waals surface area contributed by atoms with Gasteiger partial charge in [-0.05, 0) is 61.0 Å².